The standard InChI is InChI=1S/C10H18O/c1-4-9(3)7-6-8-10(11)5-2/h4,10-11H,1,3,5-8H2,2H3. The molecule has 0 heterocycles. The van der Waals surface area contributed by atoms with Gasteiger partial charge in [-0.05, 0) is 25.7 Å². The van der Waals surface area contributed by atoms with Crippen LogP contribution >= 0.6 is 0 Å². The summed E-state index contributed by atoms with van der Waals surface area (Å²) in [7, 11) is 0. The quantitative estimate of drug-likeness (QED) is 0.583. The zero-order chi connectivity index (χ0) is 8.69. The van der Waals surface area contributed by atoms with Gasteiger partial charge in [-0.1, -0.05) is 31.7 Å². The van der Waals surface area contributed by atoms with E-state index in [-0.39, 0.29) is 6.10 Å². The monoisotopic (exact) mass is 154 g/mol. The Morgan fingerprint density at radius 1 is 1.64 bits per heavy atom. The van der Waals surface area contributed by atoms with E-state index >= 15 is 0 Å². The van der Waals surface area contributed by atoms with Crippen LogP contribution in [0, 0.1) is 0 Å². The second-order valence-electron chi connectivity index (χ2n) is 2.82. The minimum atomic E-state index is -0.132. The lowest BCUT2D eigenvalue weighted by Gasteiger charge is -2.06. The lowest BCUT2D eigenvalue weighted by Crippen LogP contribution is -2.03. The predicted octanol–water partition coefficient (Wildman–Crippen LogP) is 2.67. The number of hydrogen-bond acceptors (Lipinski definition) is 1. The van der Waals surface area contributed by atoms with Crippen molar-refractivity contribution in [2.45, 2.75) is 38.7 Å². The van der Waals surface area contributed by atoms with Gasteiger partial charge in [-0.2, -0.15) is 0 Å². The van der Waals surface area contributed by atoms with E-state index in [4.69, 9.17) is 0 Å². The second kappa shape index (κ2) is 6.17. The van der Waals surface area contributed by atoms with E-state index in [2.05, 4.69) is 13.2 Å². The molecule has 64 valence electrons. The van der Waals surface area contributed by atoms with Gasteiger partial charge in [-0.25, -0.2) is 0 Å². The molecule has 0 rings (SSSR count). The van der Waals surface area contributed by atoms with Gasteiger partial charge in [0.15, 0.2) is 0 Å². The van der Waals surface area contributed by atoms with E-state index in [9.17, 15) is 5.11 Å². The average molecular weight is 154 g/mol. The van der Waals surface area contributed by atoms with E-state index in [0.29, 0.717) is 0 Å². The van der Waals surface area contributed by atoms with Gasteiger partial charge in [0.05, 0.1) is 6.10 Å². The molecule has 1 N–H and O–H groups in total. The molecule has 0 aliphatic carbocycles. The second-order valence-corrected chi connectivity index (χ2v) is 2.82. The molecule has 0 fully saturated rings. The molecule has 1 heteroatoms. The summed E-state index contributed by atoms with van der Waals surface area (Å²) in [4.78, 5) is 0. The molecule has 1 atom stereocenters. The smallest absolute Gasteiger partial charge is 0.0537 e. The summed E-state index contributed by atoms with van der Waals surface area (Å²) in [5.41, 5.74) is 1.06. The molecule has 0 saturated carbocycles. The third kappa shape index (κ3) is 5.86. The zero-order valence-electron chi connectivity index (χ0n) is 7.34. The van der Waals surface area contributed by atoms with Crippen LogP contribution in [0.25, 0.3) is 0 Å². The van der Waals surface area contributed by atoms with E-state index in [1.807, 2.05) is 6.92 Å². The van der Waals surface area contributed by atoms with Gasteiger partial charge in [0.2, 0.25) is 0 Å². The first-order valence-corrected chi connectivity index (χ1v) is 4.19. The highest BCUT2D eigenvalue weighted by Crippen LogP contribution is 2.09. The molecule has 0 amide bonds. The topological polar surface area (TPSA) is 20.2 Å². The third-order valence-electron chi connectivity index (χ3n) is 1.80. The van der Waals surface area contributed by atoms with Gasteiger partial charge in [-0.3, -0.25) is 0 Å². The number of aliphatic hydroxyl groups excluding tert-OH is 1. The van der Waals surface area contributed by atoms with Gasteiger partial charge in [-0.15, -0.1) is 0 Å². The molecular weight excluding hydrogens is 136 g/mol. The Bertz CT molecular complexity index is 127. The largest absolute Gasteiger partial charge is 0.393 e. The van der Waals surface area contributed by atoms with Crippen molar-refractivity contribution in [3.8, 4) is 0 Å². The summed E-state index contributed by atoms with van der Waals surface area (Å²) >= 11 is 0. The van der Waals surface area contributed by atoms with Gasteiger partial charge in [0.25, 0.3) is 0 Å². The molecule has 0 bridgehead atoms. The van der Waals surface area contributed by atoms with Crippen LogP contribution in [0.15, 0.2) is 24.8 Å². The zero-order valence-corrected chi connectivity index (χ0v) is 7.34. The van der Waals surface area contributed by atoms with E-state index < -0.39 is 0 Å². The maximum atomic E-state index is 9.19. The lowest BCUT2D eigenvalue weighted by atomic mass is 10.1. The Hall–Kier alpha value is -0.560. The maximum absolute atomic E-state index is 9.19. The Kier molecular flexibility index (Phi) is 5.86. The van der Waals surface area contributed by atoms with Crippen molar-refractivity contribution in [3.63, 3.8) is 0 Å². The van der Waals surface area contributed by atoms with Gasteiger partial charge in [0.1, 0.15) is 0 Å². The van der Waals surface area contributed by atoms with Crippen molar-refractivity contribution in [3.05, 3.63) is 24.8 Å². The predicted molar refractivity (Wildman–Crippen MR) is 49.5 cm³/mol. The van der Waals surface area contributed by atoms with Crippen molar-refractivity contribution in [2.24, 2.45) is 0 Å². The molecule has 0 radical (unpaired) electrons. The highest BCUT2D eigenvalue weighted by molar-refractivity contribution is 5.10. The third-order valence-corrected chi connectivity index (χ3v) is 1.80. The summed E-state index contributed by atoms with van der Waals surface area (Å²) in [6.07, 6.45) is 5.34. The molecule has 1 nitrogen and oxygen atoms in total. The molecule has 0 aromatic rings. The van der Waals surface area contributed by atoms with Gasteiger partial charge in [0, 0.05) is 0 Å². The summed E-state index contributed by atoms with van der Waals surface area (Å²) in [5, 5.41) is 9.19. The fourth-order valence-electron chi connectivity index (χ4n) is 0.871. The maximum Gasteiger partial charge on any atom is 0.0537 e. The minimum absolute atomic E-state index is 0.132. The molecular formula is C10H18O. The summed E-state index contributed by atoms with van der Waals surface area (Å²) in [6, 6.07) is 0. The van der Waals surface area contributed by atoms with Crippen LogP contribution in [0.3, 0.4) is 0 Å². The highest BCUT2D eigenvalue weighted by Gasteiger charge is 1.99. The fraction of sp³-hybridized carbons (Fsp3) is 0.600. The van der Waals surface area contributed by atoms with E-state index in [0.717, 1.165) is 31.3 Å². The van der Waals surface area contributed by atoms with Crippen molar-refractivity contribution in [1.29, 1.82) is 0 Å². The van der Waals surface area contributed by atoms with Crippen LogP contribution in [0.1, 0.15) is 32.6 Å². The lowest BCUT2D eigenvalue weighted by molar-refractivity contribution is 0.158. The molecule has 11 heavy (non-hydrogen) atoms. The fourth-order valence-corrected chi connectivity index (χ4v) is 0.871. The Labute approximate surface area is 69.4 Å². The Morgan fingerprint density at radius 2 is 2.27 bits per heavy atom. The number of hydrogen-bond donors (Lipinski definition) is 1. The molecule has 0 saturated heterocycles. The summed E-state index contributed by atoms with van der Waals surface area (Å²) < 4.78 is 0. The normalized spacial score (nSPS) is 12.5. The first-order valence-electron chi connectivity index (χ1n) is 4.19. The summed E-state index contributed by atoms with van der Waals surface area (Å²) in [5.74, 6) is 0. The molecule has 0 spiro atoms. The first-order chi connectivity index (χ1) is 5.20. The van der Waals surface area contributed by atoms with E-state index in [1.54, 1.807) is 6.08 Å². The van der Waals surface area contributed by atoms with Gasteiger partial charge >= 0.3 is 0 Å². The van der Waals surface area contributed by atoms with Crippen LogP contribution in [0.2, 0.25) is 0 Å². The van der Waals surface area contributed by atoms with Crippen molar-refractivity contribution in [2.75, 3.05) is 0 Å². The van der Waals surface area contributed by atoms with Crippen LogP contribution in [-0.2, 0) is 0 Å². The van der Waals surface area contributed by atoms with Crippen molar-refractivity contribution < 1.29 is 5.11 Å². The van der Waals surface area contributed by atoms with Crippen LogP contribution in [-0.4, -0.2) is 11.2 Å². The van der Waals surface area contributed by atoms with Crippen LogP contribution < -0.4 is 0 Å². The van der Waals surface area contributed by atoms with E-state index in [1.165, 1.54) is 0 Å². The minimum Gasteiger partial charge on any atom is -0.393 e. The molecule has 0 aromatic carbocycles. The SMILES string of the molecule is C=CC(=C)CCCC(O)CC. The first kappa shape index (κ1) is 10.4. The Morgan fingerprint density at radius 3 is 2.73 bits per heavy atom. The molecule has 0 aliphatic rings. The molecule has 1 unspecified atom stereocenters. The number of aliphatic hydroxyl groups is 1. The van der Waals surface area contributed by atoms with Gasteiger partial charge < -0.3 is 5.11 Å². The highest BCUT2D eigenvalue weighted by atomic mass is 16.3. The number of allylic oxidation sites excluding steroid dienone is 2. The summed E-state index contributed by atoms with van der Waals surface area (Å²) in [6.45, 7) is 9.41. The van der Waals surface area contributed by atoms with Crippen LogP contribution in [0.5, 0.6) is 0 Å². The average Bonchev–Trinajstić information content (AvgIpc) is 2.04. The molecule has 0 aliphatic heterocycles. The number of rotatable bonds is 6. The molecule has 0 aromatic heterocycles. The Balaban J connectivity index is 3.26. The van der Waals surface area contributed by atoms with Crippen LogP contribution in [0.4, 0.5) is 0 Å². The van der Waals surface area contributed by atoms with Crippen molar-refractivity contribution >= 4 is 0 Å². The van der Waals surface area contributed by atoms with Crippen molar-refractivity contribution in [1.82, 2.24) is 0 Å².